The average Bonchev–Trinajstić information content (AvgIpc) is 2.00. The summed E-state index contributed by atoms with van der Waals surface area (Å²) in [5, 5.41) is 8.42. The Balaban J connectivity index is 4.17. The quantitative estimate of drug-likeness (QED) is 0.623. The lowest BCUT2D eigenvalue weighted by Gasteiger charge is -2.21. The lowest BCUT2D eigenvalue weighted by molar-refractivity contribution is -0.144. The molecule has 5 heteroatoms. The number of carbonyl (C=O) groups excluding carboxylic acids is 1. The zero-order chi connectivity index (χ0) is 10.6. The monoisotopic (exact) mass is 188 g/mol. The van der Waals surface area contributed by atoms with E-state index in [1.807, 2.05) is 13.8 Å². The van der Waals surface area contributed by atoms with Crippen LogP contribution >= 0.6 is 0 Å². The first-order chi connectivity index (χ1) is 5.86. The Kier molecular flexibility index (Phi) is 4.40. The van der Waals surface area contributed by atoms with Crippen LogP contribution in [0.1, 0.15) is 13.8 Å². The Labute approximate surface area is 77.5 Å². The Morgan fingerprint density at radius 1 is 1.46 bits per heavy atom. The molecule has 76 valence electrons. The van der Waals surface area contributed by atoms with E-state index in [1.54, 1.807) is 0 Å². The fraction of sp³-hybridized carbons (Fsp3) is 0.750. The fourth-order valence-electron chi connectivity index (χ4n) is 0.820. The van der Waals surface area contributed by atoms with Crippen molar-refractivity contribution >= 4 is 11.9 Å². The number of hydrogen-bond acceptors (Lipinski definition) is 3. The second-order valence-electron chi connectivity index (χ2n) is 3.36. The Hall–Kier alpha value is -1.10. The number of rotatable bonds is 4. The smallest absolute Gasteiger partial charge is 0.323 e. The SMILES string of the molecule is CC(C)C(N)C(=O)N(C)CC(=O)O. The van der Waals surface area contributed by atoms with Gasteiger partial charge in [0.15, 0.2) is 0 Å². The number of carbonyl (C=O) groups is 2. The maximum atomic E-state index is 11.4. The molecule has 0 aromatic carbocycles. The summed E-state index contributed by atoms with van der Waals surface area (Å²) < 4.78 is 0. The molecule has 0 radical (unpaired) electrons. The van der Waals surface area contributed by atoms with E-state index in [0.717, 1.165) is 4.90 Å². The molecular weight excluding hydrogens is 172 g/mol. The average molecular weight is 188 g/mol. The first-order valence-corrected chi connectivity index (χ1v) is 4.08. The molecule has 0 bridgehead atoms. The van der Waals surface area contributed by atoms with Crippen LogP contribution in [0, 0.1) is 5.92 Å². The van der Waals surface area contributed by atoms with Crippen LogP contribution in [0.25, 0.3) is 0 Å². The number of nitrogens with zero attached hydrogens (tertiary/aromatic N) is 1. The first-order valence-electron chi connectivity index (χ1n) is 4.08. The number of nitrogens with two attached hydrogens (primary N) is 1. The highest BCUT2D eigenvalue weighted by molar-refractivity contribution is 5.85. The van der Waals surface area contributed by atoms with Crippen molar-refractivity contribution < 1.29 is 14.7 Å². The van der Waals surface area contributed by atoms with E-state index in [4.69, 9.17) is 10.8 Å². The molecule has 1 amide bonds. The molecule has 0 aromatic rings. The van der Waals surface area contributed by atoms with Crippen LogP contribution in [0.4, 0.5) is 0 Å². The Bertz CT molecular complexity index is 204. The van der Waals surface area contributed by atoms with Crippen molar-refractivity contribution in [3.8, 4) is 0 Å². The van der Waals surface area contributed by atoms with Crippen LogP contribution in [0.15, 0.2) is 0 Å². The molecule has 0 aliphatic carbocycles. The van der Waals surface area contributed by atoms with E-state index in [0.29, 0.717) is 0 Å². The summed E-state index contributed by atoms with van der Waals surface area (Å²) in [6, 6.07) is -0.621. The number of hydrogen-bond donors (Lipinski definition) is 2. The Morgan fingerprint density at radius 2 is 1.92 bits per heavy atom. The standard InChI is InChI=1S/C8H16N2O3/c1-5(2)7(9)8(13)10(3)4-6(11)12/h5,7H,4,9H2,1-3H3,(H,11,12). The van der Waals surface area contributed by atoms with Gasteiger partial charge in [-0.25, -0.2) is 0 Å². The molecule has 5 nitrogen and oxygen atoms in total. The van der Waals surface area contributed by atoms with Crippen molar-refractivity contribution in [3.63, 3.8) is 0 Å². The van der Waals surface area contributed by atoms with Gasteiger partial charge in [-0.05, 0) is 5.92 Å². The molecule has 0 spiro atoms. The van der Waals surface area contributed by atoms with E-state index in [-0.39, 0.29) is 18.4 Å². The topological polar surface area (TPSA) is 83.6 Å². The van der Waals surface area contributed by atoms with Crippen LogP contribution in [0.3, 0.4) is 0 Å². The van der Waals surface area contributed by atoms with Crippen molar-refractivity contribution in [2.45, 2.75) is 19.9 Å². The minimum Gasteiger partial charge on any atom is -0.480 e. The van der Waals surface area contributed by atoms with Gasteiger partial charge in [0.05, 0.1) is 6.04 Å². The molecule has 1 atom stereocenters. The van der Waals surface area contributed by atoms with Crippen molar-refractivity contribution in [1.29, 1.82) is 0 Å². The molecule has 1 unspecified atom stereocenters. The van der Waals surface area contributed by atoms with Gasteiger partial charge in [-0.2, -0.15) is 0 Å². The first kappa shape index (κ1) is 11.9. The van der Waals surface area contributed by atoms with Crippen molar-refractivity contribution in [3.05, 3.63) is 0 Å². The minimum absolute atomic E-state index is 0.0174. The molecule has 0 saturated carbocycles. The van der Waals surface area contributed by atoms with Gasteiger partial charge < -0.3 is 15.7 Å². The molecule has 13 heavy (non-hydrogen) atoms. The third-order valence-corrected chi connectivity index (χ3v) is 1.75. The predicted molar refractivity (Wildman–Crippen MR) is 48.1 cm³/mol. The maximum Gasteiger partial charge on any atom is 0.323 e. The van der Waals surface area contributed by atoms with Gasteiger partial charge in [-0.3, -0.25) is 9.59 Å². The number of carboxylic acids is 1. The Morgan fingerprint density at radius 3 is 2.23 bits per heavy atom. The minimum atomic E-state index is -1.04. The largest absolute Gasteiger partial charge is 0.480 e. The summed E-state index contributed by atoms with van der Waals surface area (Å²) in [7, 11) is 1.43. The summed E-state index contributed by atoms with van der Waals surface area (Å²) >= 11 is 0. The van der Waals surface area contributed by atoms with E-state index >= 15 is 0 Å². The van der Waals surface area contributed by atoms with Gasteiger partial charge in [-0.15, -0.1) is 0 Å². The van der Waals surface area contributed by atoms with Gasteiger partial charge in [0.25, 0.3) is 0 Å². The maximum absolute atomic E-state index is 11.4. The number of likely N-dealkylation sites (N-methyl/N-ethyl adjacent to an activating group) is 1. The highest BCUT2D eigenvalue weighted by Gasteiger charge is 2.21. The van der Waals surface area contributed by atoms with Gasteiger partial charge in [0, 0.05) is 7.05 Å². The van der Waals surface area contributed by atoms with Crippen molar-refractivity contribution in [2.75, 3.05) is 13.6 Å². The van der Waals surface area contributed by atoms with Crippen LogP contribution < -0.4 is 5.73 Å². The van der Waals surface area contributed by atoms with Crippen LogP contribution in [-0.2, 0) is 9.59 Å². The summed E-state index contributed by atoms with van der Waals surface area (Å²) in [6.07, 6.45) is 0. The van der Waals surface area contributed by atoms with Gasteiger partial charge in [0.2, 0.25) is 5.91 Å². The molecule has 0 saturated heterocycles. The summed E-state index contributed by atoms with van der Waals surface area (Å²) in [4.78, 5) is 22.7. The van der Waals surface area contributed by atoms with Crippen molar-refractivity contribution in [2.24, 2.45) is 11.7 Å². The predicted octanol–water partition coefficient (Wildman–Crippen LogP) is -0.487. The number of amides is 1. The molecule has 0 fully saturated rings. The van der Waals surface area contributed by atoms with E-state index in [2.05, 4.69) is 0 Å². The zero-order valence-electron chi connectivity index (χ0n) is 8.15. The van der Waals surface area contributed by atoms with E-state index in [9.17, 15) is 9.59 Å². The molecule has 0 heterocycles. The summed E-state index contributed by atoms with van der Waals surface area (Å²) in [6.45, 7) is 3.33. The summed E-state index contributed by atoms with van der Waals surface area (Å²) in [5.74, 6) is -1.35. The van der Waals surface area contributed by atoms with Gasteiger partial charge in [-0.1, -0.05) is 13.8 Å². The van der Waals surface area contributed by atoms with E-state index in [1.165, 1.54) is 7.05 Å². The van der Waals surface area contributed by atoms with Crippen LogP contribution in [0.2, 0.25) is 0 Å². The van der Waals surface area contributed by atoms with E-state index < -0.39 is 12.0 Å². The van der Waals surface area contributed by atoms with Gasteiger partial charge in [0.1, 0.15) is 6.54 Å². The molecule has 3 N–H and O–H groups in total. The normalized spacial score (nSPS) is 12.7. The molecule has 0 aromatic heterocycles. The molecule has 0 aliphatic rings. The highest BCUT2D eigenvalue weighted by atomic mass is 16.4. The second kappa shape index (κ2) is 4.81. The second-order valence-corrected chi connectivity index (χ2v) is 3.36. The summed E-state index contributed by atoms with van der Waals surface area (Å²) in [5.41, 5.74) is 5.55. The lowest BCUT2D eigenvalue weighted by Crippen LogP contribution is -2.46. The number of aliphatic carboxylic acids is 1. The lowest BCUT2D eigenvalue weighted by atomic mass is 10.0. The molecule has 0 rings (SSSR count). The number of carboxylic acid groups (broad SMARTS) is 1. The van der Waals surface area contributed by atoms with Crippen LogP contribution in [-0.4, -0.2) is 41.5 Å². The van der Waals surface area contributed by atoms with Gasteiger partial charge >= 0.3 is 5.97 Å². The fourth-order valence-corrected chi connectivity index (χ4v) is 0.820. The molecular formula is C8H16N2O3. The third-order valence-electron chi connectivity index (χ3n) is 1.75. The molecule has 0 aliphatic heterocycles. The zero-order valence-corrected chi connectivity index (χ0v) is 8.15. The van der Waals surface area contributed by atoms with Crippen molar-refractivity contribution in [1.82, 2.24) is 4.90 Å². The highest BCUT2D eigenvalue weighted by Crippen LogP contribution is 2.01. The third kappa shape index (κ3) is 3.89. The van der Waals surface area contributed by atoms with Crippen LogP contribution in [0.5, 0.6) is 0 Å².